The highest BCUT2D eigenvalue weighted by atomic mass is 79.9. The van der Waals surface area contributed by atoms with Crippen molar-refractivity contribution in [1.82, 2.24) is 15.1 Å². The second kappa shape index (κ2) is 8.81. The smallest absolute Gasteiger partial charge is 0.410 e. The van der Waals surface area contributed by atoms with E-state index < -0.39 is 24.2 Å². The Balaban J connectivity index is 1.59. The number of carbonyl (C=O) groups excluding carboxylic acids is 1. The maximum Gasteiger partial charge on any atom is 0.410 e. The van der Waals surface area contributed by atoms with Crippen LogP contribution >= 0.6 is 31.9 Å². The summed E-state index contributed by atoms with van der Waals surface area (Å²) in [6.45, 7) is 0.177. The molecule has 7 nitrogen and oxygen atoms in total. The molecule has 2 aromatic heterocycles. The number of fused-ring (bicyclic) bond motifs is 1. The molecule has 3 heterocycles. The third-order valence-corrected chi connectivity index (χ3v) is 6.24. The van der Waals surface area contributed by atoms with E-state index in [1.807, 2.05) is 0 Å². The lowest BCUT2D eigenvalue weighted by atomic mass is 10.0. The number of alkyl halides is 3. The molecule has 1 aliphatic heterocycles. The van der Waals surface area contributed by atoms with E-state index >= 15 is 0 Å². The largest absolute Gasteiger partial charge is 0.497 e. The minimum absolute atomic E-state index is 0.0608. The molecule has 170 valence electrons. The van der Waals surface area contributed by atoms with Crippen molar-refractivity contribution in [3.63, 3.8) is 0 Å². The Bertz CT molecular complexity index is 1130. The van der Waals surface area contributed by atoms with Crippen LogP contribution in [0.15, 0.2) is 50.0 Å². The summed E-state index contributed by atoms with van der Waals surface area (Å²) in [5.74, 6) is 0.475. The van der Waals surface area contributed by atoms with Crippen LogP contribution < -0.4 is 15.4 Å². The molecule has 32 heavy (non-hydrogen) atoms. The predicted octanol–water partition coefficient (Wildman–Crippen LogP) is 5.60. The third-order valence-electron chi connectivity index (χ3n) is 5.06. The first kappa shape index (κ1) is 22.7. The summed E-state index contributed by atoms with van der Waals surface area (Å²) in [4.78, 5) is 12.7. The molecule has 0 saturated carbocycles. The fourth-order valence-electron chi connectivity index (χ4n) is 3.45. The number of nitrogens with zero attached hydrogens (tertiary/aromatic N) is 2. The highest BCUT2D eigenvalue weighted by Crippen LogP contribution is 2.46. The zero-order valence-electron chi connectivity index (χ0n) is 16.5. The van der Waals surface area contributed by atoms with Gasteiger partial charge in [0.05, 0.1) is 17.6 Å². The van der Waals surface area contributed by atoms with Gasteiger partial charge in [-0.3, -0.25) is 4.79 Å². The summed E-state index contributed by atoms with van der Waals surface area (Å²) in [6.07, 6.45) is -4.90. The minimum atomic E-state index is -4.57. The Hall–Kier alpha value is -2.47. The first-order chi connectivity index (χ1) is 15.2. The van der Waals surface area contributed by atoms with Crippen molar-refractivity contribution in [3.05, 3.63) is 62.6 Å². The lowest BCUT2D eigenvalue weighted by molar-refractivity contribution is -0.174. The number of methoxy groups -OCH3 is 1. The van der Waals surface area contributed by atoms with E-state index in [0.717, 1.165) is 10.2 Å². The van der Waals surface area contributed by atoms with Crippen LogP contribution in [0.2, 0.25) is 0 Å². The van der Waals surface area contributed by atoms with Gasteiger partial charge in [0.25, 0.3) is 5.91 Å². The van der Waals surface area contributed by atoms with Crippen LogP contribution in [-0.2, 0) is 6.54 Å². The van der Waals surface area contributed by atoms with E-state index in [9.17, 15) is 18.0 Å². The normalized spacial score (nSPS) is 18.1. The number of hydrogen-bond acceptors (Lipinski definition) is 5. The maximum atomic E-state index is 13.8. The van der Waals surface area contributed by atoms with Crippen molar-refractivity contribution in [2.45, 2.75) is 31.2 Å². The number of ether oxygens (including phenoxy) is 1. The summed E-state index contributed by atoms with van der Waals surface area (Å²) in [5.41, 5.74) is 0.658. The second-order valence-electron chi connectivity index (χ2n) is 7.12. The quantitative estimate of drug-likeness (QED) is 0.412. The van der Waals surface area contributed by atoms with Crippen molar-refractivity contribution < 1.29 is 27.1 Å². The number of aromatic nitrogens is 2. The molecule has 2 atom stereocenters. The first-order valence-electron chi connectivity index (χ1n) is 9.45. The molecule has 1 amide bonds. The van der Waals surface area contributed by atoms with Gasteiger partial charge in [0.15, 0.2) is 16.4 Å². The topological polar surface area (TPSA) is 81.3 Å². The van der Waals surface area contributed by atoms with Crippen LogP contribution in [0.25, 0.3) is 0 Å². The van der Waals surface area contributed by atoms with E-state index in [2.05, 4.69) is 47.6 Å². The number of amides is 1. The maximum absolute atomic E-state index is 13.8. The number of furan rings is 1. The Morgan fingerprint density at radius 3 is 2.59 bits per heavy atom. The number of carbonyl (C=O) groups is 1. The van der Waals surface area contributed by atoms with Crippen molar-refractivity contribution in [3.8, 4) is 5.75 Å². The summed E-state index contributed by atoms with van der Waals surface area (Å²) < 4.78 is 53.4. The number of hydrogen-bond donors (Lipinski definition) is 2. The van der Waals surface area contributed by atoms with E-state index in [-0.39, 0.29) is 29.0 Å². The van der Waals surface area contributed by atoms with Crippen molar-refractivity contribution in [2.24, 2.45) is 0 Å². The average Bonchev–Trinajstić information content (AvgIpc) is 3.34. The molecule has 0 aliphatic carbocycles. The molecule has 0 unspecified atom stereocenters. The predicted molar refractivity (Wildman–Crippen MR) is 117 cm³/mol. The second-order valence-corrected chi connectivity index (χ2v) is 8.69. The number of nitrogens with one attached hydrogen (secondary N) is 2. The Morgan fingerprint density at radius 2 is 2.00 bits per heavy atom. The SMILES string of the molecule is COc1ccc(CNC(=O)c2nn3c(c2Br)N[C@@H](c2ccc(Br)o2)C[C@@H]3C(F)(F)F)cc1. The summed E-state index contributed by atoms with van der Waals surface area (Å²) in [7, 11) is 1.55. The molecule has 4 rings (SSSR count). The first-order valence-corrected chi connectivity index (χ1v) is 11.0. The molecule has 3 aromatic rings. The standard InChI is InChI=1S/C20H17Br2F3N4O3/c1-31-11-4-2-10(3-5-11)9-26-19(30)17-16(22)18-27-12(13-6-7-15(21)32-13)8-14(20(23,24)25)29(18)28-17/h2-7,12,14,27H,8-9H2,1H3,(H,26,30)/t12-,14-/m1/s1. The van der Waals surface area contributed by atoms with Gasteiger partial charge in [-0.15, -0.1) is 0 Å². The van der Waals surface area contributed by atoms with Gasteiger partial charge in [-0.1, -0.05) is 12.1 Å². The highest BCUT2D eigenvalue weighted by Gasteiger charge is 2.48. The minimum Gasteiger partial charge on any atom is -0.497 e. The zero-order chi connectivity index (χ0) is 23.0. The Labute approximate surface area is 197 Å². The fraction of sp³-hybridized carbons (Fsp3) is 0.300. The van der Waals surface area contributed by atoms with E-state index in [1.54, 1.807) is 43.5 Å². The molecule has 0 bridgehead atoms. The number of halogens is 5. The van der Waals surface area contributed by atoms with Crippen molar-refractivity contribution in [2.75, 3.05) is 12.4 Å². The van der Waals surface area contributed by atoms with Gasteiger partial charge in [-0.25, -0.2) is 4.68 Å². The molecule has 2 N–H and O–H groups in total. The molecule has 0 fully saturated rings. The molecule has 0 spiro atoms. The molecule has 0 saturated heterocycles. The number of benzene rings is 1. The lowest BCUT2D eigenvalue weighted by Gasteiger charge is -2.32. The van der Waals surface area contributed by atoms with Crippen LogP contribution in [0.5, 0.6) is 5.75 Å². The van der Waals surface area contributed by atoms with Crippen molar-refractivity contribution in [1.29, 1.82) is 0 Å². The molecular weight excluding hydrogens is 561 g/mol. The van der Waals surface area contributed by atoms with Crippen LogP contribution in [-0.4, -0.2) is 29.0 Å². The Kier molecular flexibility index (Phi) is 6.26. The van der Waals surface area contributed by atoms with Gasteiger partial charge >= 0.3 is 6.18 Å². The van der Waals surface area contributed by atoms with Crippen LogP contribution in [0.3, 0.4) is 0 Å². The highest BCUT2D eigenvalue weighted by molar-refractivity contribution is 9.10. The van der Waals surface area contributed by atoms with Gasteiger partial charge in [0.2, 0.25) is 0 Å². The Morgan fingerprint density at radius 1 is 1.28 bits per heavy atom. The van der Waals surface area contributed by atoms with Gasteiger partial charge in [-0.2, -0.15) is 18.3 Å². The lowest BCUT2D eigenvalue weighted by Crippen LogP contribution is -2.35. The van der Waals surface area contributed by atoms with Crippen LogP contribution in [0.4, 0.5) is 19.0 Å². The molecule has 12 heteroatoms. The van der Waals surface area contributed by atoms with Gasteiger partial charge in [0.1, 0.15) is 17.3 Å². The average molecular weight is 578 g/mol. The van der Waals surface area contributed by atoms with E-state index in [4.69, 9.17) is 9.15 Å². The number of anilines is 1. The van der Waals surface area contributed by atoms with Gasteiger partial charge in [0, 0.05) is 13.0 Å². The number of rotatable bonds is 5. The van der Waals surface area contributed by atoms with Crippen LogP contribution in [0.1, 0.15) is 40.3 Å². The third kappa shape index (κ3) is 4.51. The molecule has 1 aromatic carbocycles. The van der Waals surface area contributed by atoms with Crippen LogP contribution in [0, 0.1) is 0 Å². The summed E-state index contributed by atoms with van der Waals surface area (Å²) >= 11 is 6.42. The summed E-state index contributed by atoms with van der Waals surface area (Å²) in [6, 6.07) is 7.58. The fourth-order valence-corrected chi connectivity index (χ4v) is 4.32. The monoisotopic (exact) mass is 576 g/mol. The zero-order valence-corrected chi connectivity index (χ0v) is 19.7. The molecule has 0 radical (unpaired) electrons. The molecule has 1 aliphatic rings. The van der Waals surface area contributed by atoms with Gasteiger partial charge in [-0.05, 0) is 61.7 Å². The van der Waals surface area contributed by atoms with Gasteiger partial charge < -0.3 is 19.8 Å². The van der Waals surface area contributed by atoms with E-state index in [0.29, 0.717) is 16.2 Å². The summed E-state index contributed by atoms with van der Waals surface area (Å²) in [5, 5.41) is 9.67. The van der Waals surface area contributed by atoms with Crippen molar-refractivity contribution >= 4 is 43.6 Å². The molecular formula is C20H17Br2F3N4O3. The van der Waals surface area contributed by atoms with E-state index in [1.165, 1.54) is 0 Å².